The van der Waals surface area contributed by atoms with Gasteiger partial charge in [0.15, 0.2) is 0 Å². The second-order valence-electron chi connectivity index (χ2n) is 5.05. The molecule has 1 saturated heterocycles. The Bertz CT molecular complexity index is 409. The zero-order valence-electron chi connectivity index (χ0n) is 10.3. The molecule has 1 aromatic rings. The summed E-state index contributed by atoms with van der Waals surface area (Å²) in [5, 5.41) is 6.31. The highest BCUT2D eigenvalue weighted by molar-refractivity contribution is 5.68. The van der Waals surface area contributed by atoms with Gasteiger partial charge in [0.05, 0.1) is 0 Å². The molecular formula is C14H18N2O2. The van der Waals surface area contributed by atoms with Crippen molar-refractivity contribution in [1.29, 1.82) is 0 Å². The summed E-state index contributed by atoms with van der Waals surface area (Å²) in [5.74, 6) is 1.28. The third-order valence-electron chi connectivity index (χ3n) is 3.86. The molecule has 1 heterocycles. The Hall–Kier alpha value is -1.55. The predicted molar refractivity (Wildman–Crippen MR) is 68.0 cm³/mol. The maximum Gasteiger partial charge on any atom is 0.407 e. The minimum absolute atomic E-state index is 0.293. The molecule has 1 aliphatic carbocycles. The normalized spacial score (nSPS) is 29.2. The van der Waals surface area contributed by atoms with Gasteiger partial charge in [0.1, 0.15) is 6.61 Å². The summed E-state index contributed by atoms with van der Waals surface area (Å²) in [4.78, 5) is 11.7. The Morgan fingerprint density at radius 3 is 2.89 bits per heavy atom. The predicted octanol–water partition coefficient (Wildman–Crippen LogP) is 1.52. The number of fused-ring (bicyclic) bond motifs is 1. The van der Waals surface area contributed by atoms with Crippen molar-refractivity contribution >= 4 is 6.09 Å². The summed E-state index contributed by atoms with van der Waals surface area (Å²) in [6.07, 6.45) is 0.868. The van der Waals surface area contributed by atoms with Gasteiger partial charge < -0.3 is 15.4 Å². The number of amides is 1. The summed E-state index contributed by atoms with van der Waals surface area (Å²) in [7, 11) is 0. The van der Waals surface area contributed by atoms with E-state index < -0.39 is 0 Å². The smallest absolute Gasteiger partial charge is 0.407 e. The van der Waals surface area contributed by atoms with Gasteiger partial charge in [-0.25, -0.2) is 4.79 Å². The van der Waals surface area contributed by atoms with E-state index in [1.807, 2.05) is 30.3 Å². The average Bonchev–Trinajstić information content (AvgIpc) is 3.11. The third kappa shape index (κ3) is 2.48. The van der Waals surface area contributed by atoms with Crippen LogP contribution >= 0.6 is 0 Å². The topological polar surface area (TPSA) is 50.4 Å². The highest BCUT2D eigenvalue weighted by Gasteiger charge is 2.51. The first-order valence-corrected chi connectivity index (χ1v) is 6.52. The van der Waals surface area contributed by atoms with Crippen LogP contribution in [0.25, 0.3) is 0 Å². The van der Waals surface area contributed by atoms with Gasteiger partial charge in [-0.1, -0.05) is 30.3 Å². The van der Waals surface area contributed by atoms with Crippen molar-refractivity contribution in [2.45, 2.75) is 19.1 Å². The van der Waals surface area contributed by atoms with Crippen molar-refractivity contribution < 1.29 is 9.53 Å². The first-order valence-electron chi connectivity index (χ1n) is 6.52. The molecule has 0 spiro atoms. The van der Waals surface area contributed by atoms with Crippen molar-refractivity contribution in [3.8, 4) is 0 Å². The standard InChI is InChI=1S/C14H18N2O2/c17-14(18-9-10-4-2-1-3-5-10)16-13-11-6-7-15-8-12(11)13/h1-5,11-13,15H,6-9H2,(H,16,17)/t11-,12-,13?/m0/s1. The third-order valence-corrected chi connectivity index (χ3v) is 3.86. The van der Waals surface area contributed by atoms with Crippen molar-refractivity contribution in [2.24, 2.45) is 11.8 Å². The van der Waals surface area contributed by atoms with Gasteiger partial charge in [-0.2, -0.15) is 0 Å². The van der Waals surface area contributed by atoms with Crippen LogP contribution in [-0.4, -0.2) is 25.2 Å². The maximum absolute atomic E-state index is 11.7. The second kappa shape index (κ2) is 4.98. The lowest BCUT2D eigenvalue weighted by atomic mass is 10.2. The Labute approximate surface area is 107 Å². The highest BCUT2D eigenvalue weighted by Crippen LogP contribution is 2.43. The molecule has 2 N–H and O–H groups in total. The molecule has 2 fully saturated rings. The summed E-state index contributed by atoms with van der Waals surface area (Å²) >= 11 is 0. The maximum atomic E-state index is 11.7. The molecule has 4 nitrogen and oxygen atoms in total. The number of benzene rings is 1. The van der Waals surface area contributed by atoms with Gasteiger partial charge in [0, 0.05) is 12.6 Å². The molecule has 2 aliphatic rings. The fourth-order valence-electron chi connectivity index (χ4n) is 2.77. The van der Waals surface area contributed by atoms with Crippen molar-refractivity contribution in [3.05, 3.63) is 35.9 Å². The van der Waals surface area contributed by atoms with E-state index in [2.05, 4.69) is 10.6 Å². The molecule has 0 bridgehead atoms. The molecule has 4 heteroatoms. The van der Waals surface area contributed by atoms with Crippen molar-refractivity contribution in [1.82, 2.24) is 10.6 Å². The van der Waals surface area contributed by atoms with Crippen LogP contribution in [-0.2, 0) is 11.3 Å². The Morgan fingerprint density at radius 1 is 1.33 bits per heavy atom. The zero-order valence-corrected chi connectivity index (χ0v) is 10.3. The molecule has 0 radical (unpaired) electrons. The summed E-state index contributed by atoms with van der Waals surface area (Å²) in [5.41, 5.74) is 1.02. The van der Waals surface area contributed by atoms with Crippen LogP contribution in [0.4, 0.5) is 4.79 Å². The largest absolute Gasteiger partial charge is 0.445 e. The molecule has 96 valence electrons. The minimum atomic E-state index is -0.293. The molecular weight excluding hydrogens is 228 g/mol. The number of hydrogen-bond donors (Lipinski definition) is 2. The van der Waals surface area contributed by atoms with Crippen molar-refractivity contribution in [3.63, 3.8) is 0 Å². The fourth-order valence-corrected chi connectivity index (χ4v) is 2.77. The number of nitrogens with one attached hydrogen (secondary N) is 2. The van der Waals surface area contributed by atoms with E-state index in [0.29, 0.717) is 24.5 Å². The second-order valence-corrected chi connectivity index (χ2v) is 5.05. The van der Waals surface area contributed by atoms with Gasteiger partial charge in [-0.05, 0) is 30.4 Å². The Balaban J connectivity index is 1.43. The molecule has 1 aliphatic heterocycles. The first kappa shape index (κ1) is 11.5. The number of alkyl carbamates (subject to hydrolysis) is 1. The molecule has 1 amide bonds. The lowest BCUT2D eigenvalue weighted by Gasteiger charge is -2.07. The Kier molecular flexibility index (Phi) is 3.19. The van der Waals surface area contributed by atoms with Gasteiger partial charge in [0.2, 0.25) is 0 Å². The summed E-state index contributed by atoms with van der Waals surface area (Å²) in [6, 6.07) is 10.1. The molecule has 3 rings (SSSR count). The number of carbonyl (C=O) groups is 1. The van der Waals surface area contributed by atoms with E-state index in [1.54, 1.807) is 0 Å². The van der Waals surface area contributed by atoms with E-state index in [-0.39, 0.29) is 6.09 Å². The molecule has 1 saturated carbocycles. The van der Waals surface area contributed by atoms with Crippen LogP contribution in [0.2, 0.25) is 0 Å². The van der Waals surface area contributed by atoms with E-state index in [1.165, 1.54) is 0 Å². The number of carbonyl (C=O) groups excluding carboxylic acids is 1. The quantitative estimate of drug-likeness (QED) is 0.850. The monoisotopic (exact) mass is 246 g/mol. The molecule has 1 unspecified atom stereocenters. The average molecular weight is 246 g/mol. The fraction of sp³-hybridized carbons (Fsp3) is 0.500. The van der Waals surface area contributed by atoms with Crippen LogP contribution < -0.4 is 10.6 Å². The van der Waals surface area contributed by atoms with Gasteiger partial charge >= 0.3 is 6.09 Å². The highest BCUT2D eigenvalue weighted by atomic mass is 16.5. The van der Waals surface area contributed by atoms with Crippen molar-refractivity contribution in [2.75, 3.05) is 13.1 Å². The van der Waals surface area contributed by atoms with Crippen LogP contribution in [0, 0.1) is 11.8 Å². The van der Waals surface area contributed by atoms with Gasteiger partial charge in [-0.3, -0.25) is 0 Å². The SMILES string of the molecule is O=C(NC1[C@H]2CCNC[C@H]12)OCc1ccccc1. The van der Waals surface area contributed by atoms with Gasteiger partial charge in [-0.15, -0.1) is 0 Å². The number of hydrogen-bond acceptors (Lipinski definition) is 3. The summed E-state index contributed by atoms with van der Waals surface area (Å²) in [6.45, 7) is 2.43. The zero-order chi connectivity index (χ0) is 12.4. The van der Waals surface area contributed by atoms with Crippen LogP contribution in [0.5, 0.6) is 0 Å². The number of rotatable bonds is 3. The molecule has 18 heavy (non-hydrogen) atoms. The van der Waals surface area contributed by atoms with E-state index >= 15 is 0 Å². The lowest BCUT2D eigenvalue weighted by Crippen LogP contribution is -2.29. The molecule has 0 aromatic heterocycles. The number of ether oxygens (including phenoxy) is 1. The van der Waals surface area contributed by atoms with E-state index in [0.717, 1.165) is 25.1 Å². The molecule has 3 atom stereocenters. The van der Waals surface area contributed by atoms with Crippen LogP contribution in [0.3, 0.4) is 0 Å². The van der Waals surface area contributed by atoms with E-state index in [9.17, 15) is 4.79 Å². The van der Waals surface area contributed by atoms with Gasteiger partial charge in [0.25, 0.3) is 0 Å². The Morgan fingerprint density at radius 2 is 2.17 bits per heavy atom. The van der Waals surface area contributed by atoms with E-state index in [4.69, 9.17) is 4.74 Å². The first-order chi connectivity index (χ1) is 8.84. The molecule has 1 aromatic carbocycles. The van der Waals surface area contributed by atoms with Crippen LogP contribution in [0.1, 0.15) is 12.0 Å². The lowest BCUT2D eigenvalue weighted by molar-refractivity contribution is 0.138. The number of piperidine rings is 1. The minimum Gasteiger partial charge on any atom is -0.445 e. The summed E-state index contributed by atoms with van der Waals surface area (Å²) < 4.78 is 5.21. The van der Waals surface area contributed by atoms with Crippen LogP contribution in [0.15, 0.2) is 30.3 Å².